The predicted octanol–water partition coefficient (Wildman–Crippen LogP) is 0.812. The summed E-state index contributed by atoms with van der Waals surface area (Å²) in [4.78, 5) is 0. The van der Waals surface area contributed by atoms with Gasteiger partial charge in [-0.05, 0) is 25.0 Å². The highest BCUT2D eigenvalue weighted by Gasteiger charge is 2.07. The first kappa shape index (κ1) is 13.3. The van der Waals surface area contributed by atoms with Crippen molar-refractivity contribution in [3.8, 4) is 0 Å². The van der Waals surface area contributed by atoms with Gasteiger partial charge in [0.05, 0.1) is 5.75 Å². The molecule has 0 spiro atoms. The van der Waals surface area contributed by atoms with Gasteiger partial charge in [0.2, 0.25) is 0 Å². The quantitative estimate of drug-likeness (QED) is 0.805. The lowest BCUT2D eigenvalue weighted by molar-refractivity contribution is 0.590. The number of sulfone groups is 1. The van der Waals surface area contributed by atoms with Gasteiger partial charge in [-0.25, -0.2) is 8.42 Å². The minimum atomic E-state index is -2.88. The van der Waals surface area contributed by atoms with E-state index in [0.29, 0.717) is 6.54 Å². The maximum Gasteiger partial charge on any atom is 0.151 e. The molecule has 0 amide bonds. The zero-order valence-corrected chi connectivity index (χ0v) is 10.7. The second kappa shape index (κ2) is 5.50. The van der Waals surface area contributed by atoms with E-state index in [2.05, 4.69) is 0 Å². The molecule has 0 fully saturated rings. The molecule has 0 radical (unpaired) electrons. The van der Waals surface area contributed by atoms with E-state index in [4.69, 9.17) is 5.73 Å². The van der Waals surface area contributed by atoms with Crippen LogP contribution in [0.25, 0.3) is 0 Å². The Bertz CT molecular complexity index is 421. The zero-order chi connectivity index (χ0) is 12.2. The van der Waals surface area contributed by atoms with Gasteiger partial charge in [0.15, 0.2) is 9.84 Å². The van der Waals surface area contributed by atoms with E-state index < -0.39 is 9.84 Å². The van der Waals surface area contributed by atoms with Crippen LogP contribution in [0.3, 0.4) is 0 Å². The van der Waals surface area contributed by atoms with Crippen LogP contribution in [0, 0.1) is 0 Å². The molecule has 0 aliphatic rings. The highest BCUT2D eigenvalue weighted by molar-refractivity contribution is 7.91. The van der Waals surface area contributed by atoms with Crippen molar-refractivity contribution in [3.63, 3.8) is 0 Å². The average Bonchev–Trinajstić information content (AvgIpc) is 2.62. The van der Waals surface area contributed by atoms with Gasteiger partial charge in [0.1, 0.15) is 0 Å². The van der Waals surface area contributed by atoms with Crippen molar-refractivity contribution >= 4 is 9.84 Å². The lowest BCUT2D eigenvalue weighted by Gasteiger charge is -2.03. The summed E-state index contributed by atoms with van der Waals surface area (Å²) in [6.07, 6.45) is 4.70. The number of aromatic nitrogens is 1. The Kier molecular flexibility index (Phi) is 4.56. The van der Waals surface area contributed by atoms with E-state index >= 15 is 0 Å². The van der Waals surface area contributed by atoms with E-state index in [-0.39, 0.29) is 17.5 Å². The summed E-state index contributed by atoms with van der Waals surface area (Å²) in [5, 5.41) is 0. The van der Waals surface area contributed by atoms with Crippen LogP contribution in [0.15, 0.2) is 18.5 Å². The van der Waals surface area contributed by atoms with Crippen molar-refractivity contribution in [3.05, 3.63) is 24.0 Å². The van der Waals surface area contributed by atoms with E-state index in [1.165, 1.54) is 0 Å². The van der Waals surface area contributed by atoms with E-state index in [1.54, 1.807) is 6.92 Å². The van der Waals surface area contributed by atoms with Crippen LogP contribution in [-0.4, -0.2) is 30.5 Å². The summed E-state index contributed by atoms with van der Waals surface area (Å²) in [5.74, 6) is 0.413. The van der Waals surface area contributed by atoms with Crippen LogP contribution in [0.4, 0.5) is 0 Å². The smallest absolute Gasteiger partial charge is 0.151 e. The van der Waals surface area contributed by atoms with Crippen molar-refractivity contribution < 1.29 is 8.42 Å². The molecule has 0 aliphatic carbocycles. The fourth-order valence-electron chi connectivity index (χ4n) is 1.51. The van der Waals surface area contributed by atoms with E-state index in [1.807, 2.05) is 30.0 Å². The number of nitrogens with zero attached hydrogens (tertiary/aromatic N) is 1. The van der Waals surface area contributed by atoms with Crippen LogP contribution < -0.4 is 5.73 Å². The molecule has 1 unspecified atom stereocenters. The number of nitrogens with two attached hydrogens (primary N) is 1. The molecule has 1 aromatic heterocycles. The SMILES string of the molecule is CCS(=O)(=O)CCn1ccc(CC(C)N)c1. The number of hydrogen-bond acceptors (Lipinski definition) is 3. The van der Waals surface area contributed by atoms with Gasteiger partial charge in [0, 0.05) is 30.7 Å². The first-order valence-electron chi connectivity index (χ1n) is 5.53. The lowest BCUT2D eigenvalue weighted by Crippen LogP contribution is -2.17. The topological polar surface area (TPSA) is 65.1 Å². The molecule has 1 atom stereocenters. The van der Waals surface area contributed by atoms with Crippen molar-refractivity contribution in [2.75, 3.05) is 11.5 Å². The molecule has 0 aromatic carbocycles. The molecule has 92 valence electrons. The molecule has 0 aliphatic heterocycles. The Morgan fingerprint density at radius 3 is 2.75 bits per heavy atom. The second-order valence-electron chi connectivity index (χ2n) is 4.18. The van der Waals surface area contributed by atoms with Crippen LogP contribution in [0.2, 0.25) is 0 Å². The molecule has 0 saturated carbocycles. The van der Waals surface area contributed by atoms with Crippen LogP contribution >= 0.6 is 0 Å². The Morgan fingerprint density at radius 2 is 2.19 bits per heavy atom. The summed E-state index contributed by atoms with van der Waals surface area (Å²) in [7, 11) is -2.88. The maximum atomic E-state index is 11.3. The number of hydrogen-bond donors (Lipinski definition) is 1. The third kappa shape index (κ3) is 4.37. The Labute approximate surface area is 97.4 Å². The van der Waals surface area contributed by atoms with Crippen LogP contribution in [-0.2, 0) is 22.8 Å². The Hall–Kier alpha value is -0.810. The second-order valence-corrected chi connectivity index (χ2v) is 6.65. The minimum absolute atomic E-state index is 0.134. The van der Waals surface area contributed by atoms with Gasteiger partial charge in [-0.1, -0.05) is 6.92 Å². The fourth-order valence-corrected chi connectivity index (χ4v) is 2.29. The minimum Gasteiger partial charge on any atom is -0.353 e. The molecule has 5 heteroatoms. The molecule has 16 heavy (non-hydrogen) atoms. The highest BCUT2D eigenvalue weighted by Crippen LogP contribution is 2.04. The number of rotatable bonds is 6. The maximum absolute atomic E-state index is 11.3. The molecule has 1 aromatic rings. The Morgan fingerprint density at radius 1 is 1.50 bits per heavy atom. The average molecular weight is 244 g/mol. The normalized spacial score (nSPS) is 13.9. The van der Waals surface area contributed by atoms with Crippen LogP contribution in [0.5, 0.6) is 0 Å². The van der Waals surface area contributed by atoms with Crippen molar-refractivity contribution in [1.29, 1.82) is 0 Å². The Balaban J connectivity index is 2.53. The lowest BCUT2D eigenvalue weighted by atomic mass is 10.1. The van der Waals surface area contributed by atoms with Crippen molar-refractivity contribution in [2.45, 2.75) is 32.9 Å². The third-order valence-corrected chi connectivity index (χ3v) is 4.15. The zero-order valence-electron chi connectivity index (χ0n) is 9.89. The predicted molar refractivity (Wildman–Crippen MR) is 66.1 cm³/mol. The van der Waals surface area contributed by atoms with Gasteiger partial charge in [-0.3, -0.25) is 0 Å². The van der Waals surface area contributed by atoms with Gasteiger partial charge in [-0.15, -0.1) is 0 Å². The summed E-state index contributed by atoms with van der Waals surface area (Å²) < 4.78 is 24.6. The molecule has 2 N–H and O–H groups in total. The summed E-state index contributed by atoms with van der Waals surface area (Å²) in [6, 6.07) is 2.12. The van der Waals surface area contributed by atoms with Crippen molar-refractivity contribution in [1.82, 2.24) is 4.57 Å². The summed E-state index contributed by atoms with van der Waals surface area (Å²) in [6.45, 7) is 4.15. The summed E-state index contributed by atoms with van der Waals surface area (Å²) >= 11 is 0. The third-order valence-electron chi connectivity index (χ3n) is 2.47. The molecular formula is C11H20N2O2S. The molecule has 0 saturated heterocycles. The van der Waals surface area contributed by atoms with E-state index in [9.17, 15) is 8.42 Å². The first-order chi connectivity index (χ1) is 7.43. The highest BCUT2D eigenvalue weighted by atomic mass is 32.2. The van der Waals surface area contributed by atoms with Crippen molar-refractivity contribution in [2.24, 2.45) is 5.73 Å². The first-order valence-corrected chi connectivity index (χ1v) is 7.35. The van der Waals surface area contributed by atoms with Gasteiger partial charge >= 0.3 is 0 Å². The largest absolute Gasteiger partial charge is 0.353 e. The molecular weight excluding hydrogens is 224 g/mol. The fraction of sp³-hybridized carbons (Fsp3) is 0.636. The standard InChI is InChI=1S/C11H20N2O2S/c1-3-16(14,15)7-6-13-5-4-11(9-13)8-10(2)12/h4-5,9-10H,3,6-8,12H2,1-2H3. The van der Waals surface area contributed by atoms with Gasteiger partial charge in [-0.2, -0.15) is 0 Å². The summed E-state index contributed by atoms with van der Waals surface area (Å²) in [5.41, 5.74) is 6.85. The molecule has 0 bridgehead atoms. The molecule has 1 heterocycles. The molecule has 1 rings (SSSR count). The van der Waals surface area contributed by atoms with Gasteiger partial charge in [0.25, 0.3) is 0 Å². The monoisotopic (exact) mass is 244 g/mol. The number of aryl methyl sites for hydroxylation is 1. The molecule has 4 nitrogen and oxygen atoms in total. The van der Waals surface area contributed by atoms with E-state index in [0.717, 1.165) is 12.0 Å². The van der Waals surface area contributed by atoms with Crippen LogP contribution in [0.1, 0.15) is 19.4 Å². The van der Waals surface area contributed by atoms with Gasteiger partial charge < -0.3 is 10.3 Å².